The second kappa shape index (κ2) is 7.96. The van der Waals surface area contributed by atoms with Crippen LogP contribution in [0.25, 0.3) is 0 Å². The molecule has 0 radical (unpaired) electrons. The van der Waals surface area contributed by atoms with Crippen molar-refractivity contribution < 1.29 is 9.90 Å². The largest absolute Gasteiger partial charge is 0.480 e. The highest BCUT2D eigenvalue weighted by Gasteiger charge is 2.48. The predicted molar refractivity (Wildman–Crippen MR) is 81.8 cm³/mol. The summed E-state index contributed by atoms with van der Waals surface area (Å²) in [5, 5.41) is 9.42. The normalized spacial score (nSPS) is 18.5. The van der Waals surface area contributed by atoms with Crippen LogP contribution < -0.4 is 5.73 Å². The molecular weight excluding hydrogens is 254 g/mol. The summed E-state index contributed by atoms with van der Waals surface area (Å²) in [4.78, 5) is 16.0. The highest BCUT2D eigenvalue weighted by Crippen LogP contribution is 2.38. The van der Waals surface area contributed by atoms with Gasteiger partial charge in [0.25, 0.3) is 0 Å². The summed E-state index contributed by atoms with van der Waals surface area (Å²) >= 11 is 0. The summed E-state index contributed by atoms with van der Waals surface area (Å²) in [6, 6.07) is 0. The fourth-order valence-corrected chi connectivity index (χ4v) is 2.75. The number of carboxylic acid groups (broad SMARTS) is 1. The van der Waals surface area contributed by atoms with Crippen molar-refractivity contribution in [3.8, 4) is 0 Å². The van der Waals surface area contributed by atoms with E-state index in [2.05, 4.69) is 30.6 Å². The smallest absolute Gasteiger partial charge is 0.325 e. The Labute approximate surface area is 123 Å². The molecule has 0 aliphatic heterocycles. The lowest BCUT2D eigenvalue weighted by molar-refractivity contribution is -0.145. The van der Waals surface area contributed by atoms with Crippen LogP contribution in [0.2, 0.25) is 0 Å². The number of carbonyl (C=O) groups is 1. The van der Waals surface area contributed by atoms with E-state index in [9.17, 15) is 9.90 Å². The zero-order valence-electron chi connectivity index (χ0n) is 13.3. The molecule has 0 aromatic rings. The SMILES string of the molecule is CCN(CC)CCCN(CC)CC(N)(C(=O)O)C1CC1. The highest BCUT2D eigenvalue weighted by atomic mass is 16.4. The second-order valence-corrected chi connectivity index (χ2v) is 5.87. The molecule has 5 heteroatoms. The van der Waals surface area contributed by atoms with Crippen LogP contribution in [0, 0.1) is 5.92 Å². The fourth-order valence-electron chi connectivity index (χ4n) is 2.75. The van der Waals surface area contributed by atoms with Crippen LogP contribution in [-0.2, 0) is 4.79 Å². The summed E-state index contributed by atoms with van der Waals surface area (Å²) in [6.45, 7) is 11.9. The molecule has 1 aliphatic carbocycles. The Morgan fingerprint density at radius 2 is 1.65 bits per heavy atom. The summed E-state index contributed by atoms with van der Waals surface area (Å²) in [5.41, 5.74) is 5.10. The van der Waals surface area contributed by atoms with E-state index in [1.54, 1.807) is 0 Å². The number of nitrogens with zero attached hydrogens (tertiary/aromatic N) is 2. The first-order valence-corrected chi connectivity index (χ1v) is 7.94. The first-order chi connectivity index (χ1) is 9.47. The molecule has 20 heavy (non-hydrogen) atoms. The maximum Gasteiger partial charge on any atom is 0.325 e. The molecule has 0 amide bonds. The molecule has 3 N–H and O–H groups in total. The van der Waals surface area contributed by atoms with Crippen molar-refractivity contribution in [3.05, 3.63) is 0 Å². The molecule has 0 aromatic carbocycles. The third-order valence-corrected chi connectivity index (χ3v) is 4.48. The van der Waals surface area contributed by atoms with Crippen LogP contribution >= 0.6 is 0 Å². The Morgan fingerprint density at radius 3 is 2.05 bits per heavy atom. The van der Waals surface area contributed by atoms with Gasteiger partial charge in [-0.15, -0.1) is 0 Å². The minimum absolute atomic E-state index is 0.164. The molecule has 0 bridgehead atoms. The number of aliphatic carboxylic acids is 1. The lowest BCUT2D eigenvalue weighted by atomic mass is 9.94. The van der Waals surface area contributed by atoms with Crippen molar-refractivity contribution in [3.63, 3.8) is 0 Å². The molecule has 1 rings (SSSR count). The third kappa shape index (κ3) is 4.72. The molecule has 5 nitrogen and oxygen atoms in total. The zero-order chi connectivity index (χ0) is 15.2. The topological polar surface area (TPSA) is 69.8 Å². The summed E-state index contributed by atoms with van der Waals surface area (Å²) in [5.74, 6) is -0.681. The first-order valence-electron chi connectivity index (χ1n) is 7.94. The van der Waals surface area contributed by atoms with E-state index >= 15 is 0 Å². The molecule has 0 spiro atoms. The molecule has 1 atom stereocenters. The minimum Gasteiger partial charge on any atom is -0.480 e. The average molecular weight is 285 g/mol. The van der Waals surface area contributed by atoms with Crippen LogP contribution in [0.4, 0.5) is 0 Å². The van der Waals surface area contributed by atoms with E-state index in [1.165, 1.54) is 0 Å². The Balaban J connectivity index is 2.43. The maximum absolute atomic E-state index is 11.5. The predicted octanol–water partition coefficient (Wildman–Crippen LogP) is 1.23. The lowest BCUT2D eigenvalue weighted by Crippen LogP contribution is -2.58. The van der Waals surface area contributed by atoms with Gasteiger partial charge in [-0.1, -0.05) is 20.8 Å². The van der Waals surface area contributed by atoms with Crippen LogP contribution in [0.3, 0.4) is 0 Å². The Kier molecular flexibility index (Phi) is 6.92. The Hall–Kier alpha value is -0.650. The van der Waals surface area contributed by atoms with E-state index in [-0.39, 0.29) is 5.92 Å². The van der Waals surface area contributed by atoms with Crippen LogP contribution in [0.15, 0.2) is 0 Å². The number of rotatable bonds is 11. The van der Waals surface area contributed by atoms with Gasteiger partial charge < -0.3 is 20.6 Å². The number of nitrogens with two attached hydrogens (primary N) is 1. The van der Waals surface area contributed by atoms with Gasteiger partial charge in [0.2, 0.25) is 0 Å². The van der Waals surface area contributed by atoms with Crippen molar-refractivity contribution in [1.82, 2.24) is 9.80 Å². The van der Waals surface area contributed by atoms with Crippen molar-refractivity contribution in [2.45, 2.75) is 45.6 Å². The van der Waals surface area contributed by atoms with Crippen LogP contribution in [0.1, 0.15) is 40.0 Å². The van der Waals surface area contributed by atoms with Gasteiger partial charge in [-0.2, -0.15) is 0 Å². The number of likely N-dealkylation sites (N-methyl/N-ethyl adjacent to an activating group) is 1. The third-order valence-electron chi connectivity index (χ3n) is 4.48. The van der Waals surface area contributed by atoms with Crippen molar-refractivity contribution in [2.24, 2.45) is 11.7 Å². The quantitative estimate of drug-likeness (QED) is 0.597. The minimum atomic E-state index is -1.05. The van der Waals surface area contributed by atoms with E-state index in [0.29, 0.717) is 6.54 Å². The number of carboxylic acids is 1. The van der Waals surface area contributed by atoms with Gasteiger partial charge in [-0.25, -0.2) is 0 Å². The van der Waals surface area contributed by atoms with Gasteiger partial charge in [-0.05, 0) is 57.9 Å². The summed E-state index contributed by atoms with van der Waals surface area (Å²) in [7, 11) is 0. The molecule has 0 aromatic heterocycles. The highest BCUT2D eigenvalue weighted by molar-refractivity contribution is 5.79. The van der Waals surface area contributed by atoms with E-state index in [1.807, 2.05) is 0 Å². The molecule has 1 fully saturated rings. The molecule has 118 valence electrons. The Bertz CT molecular complexity index is 303. The molecule has 1 aliphatic rings. The zero-order valence-corrected chi connectivity index (χ0v) is 13.3. The molecular formula is C15H31N3O2. The van der Waals surface area contributed by atoms with E-state index in [4.69, 9.17) is 5.73 Å². The first kappa shape index (κ1) is 17.4. The van der Waals surface area contributed by atoms with Crippen LogP contribution in [0.5, 0.6) is 0 Å². The van der Waals surface area contributed by atoms with Gasteiger partial charge >= 0.3 is 5.97 Å². The fraction of sp³-hybridized carbons (Fsp3) is 0.933. The van der Waals surface area contributed by atoms with Gasteiger partial charge in [0.15, 0.2) is 0 Å². The molecule has 0 heterocycles. The van der Waals surface area contributed by atoms with E-state index < -0.39 is 11.5 Å². The average Bonchev–Trinajstić information content (AvgIpc) is 3.26. The van der Waals surface area contributed by atoms with E-state index in [0.717, 1.165) is 52.0 Å². The number of hydrogen-bond acceptors (Lipinski definition) is 4. The van der Waals surface area contributed by atoms with Gasteiger partial charge in [0.05, 0.1) is 0 Å². The summed E-state index contributed by atoms with van der Waals surface area (Å²) in [6.07, 6.45) is 2.98. The maximum atomic E-state index is 11.5. The summed E-state index contributed by atoms with van der Waals surface area (Å²) < 4.78 is 0. The van der Waals surface area contributed by atoms with Crippen molar-refractivity contribution >= 4 is 5.97 Å². The lowest BCUT2D eigenvalue weighted by Gasteiger charge is -2.32. The van der Waals surface area contributed by atoms with Crippen molar-refractivity contribution in [2.75, 3.05) is 39.3 Å². The molecule has 1 unspecified atom stereocenters. The molecule has 0 saturated heterocycles. The second-order valence-electron chi connectivity index (χ2n) is 5.87. The standard InChI is InChI=1S/C15H31N3O2/c1-4-17(5-2)10-7-11-18(6-3)12-15(16,14(19)20)13-8-9-13/h13H,4-12,16H2,1-3H3,(H,19,20). The molecule has 1 saturated carbocycles. The van der Waals surface area contributed by atoms with Crippen molar-refractivity contribution in [1.29, 1.82) is 0 Å². The number of hydrogen-bond donors (Lipinski definition) is 2. The van der Waals surface area contributed by atoms with Gasteiger partial charge in [-0.3, -0.25) is 4.79 Å². The van der Waals surface area contributed by atoms with Gasteiger partial charge in [0.1, 0.15) is 5.54 Å². The monoisotopic (exact) mass is 285 g/mol. The van der Waals surface area contributed by atoms with Gasteiger partial charge in [0, 0.05) is 6.54 Å². The Morgan fingerprint density at radius 1 is 1.15 bits per heavy atom. The van der Waals surface area contributed by atoms with Crippen LogP contribution in [-0.4, -0.2) is 65.7 Å².